The van der Waals surface area contributed by atoms with Gasteiger partial charge in [0, 0.05) is 0 Å². The van der Waals surface area contributed by atoms with E-state index in [0.717, 1.165) is 11.1 Å². The molecule has 0 amide bonds. The van der Waals surface area contributed by atoms with Crippen molar-refractivity contribution in [2.24, 2.45) is 0 Å². The summed E-state index contributed by atoms with van der Waals surface area (Å²) in [5.74, 6) is -0.0821. The highest BCUT2D eigenvalue weighted by molar-refractivity contribution is 8.00. The van der Waals surface area contributed by atoms with Crippen molar-refractivity contribution in [3.05, 3.63) is 42.9 Å². The Morgan fingerprint density at radius 1 is 1.29 bits per heavy atom. The fourth-order valence-corrected chi connectivity index (χ4v) is 2.68. The molecule has 0 unspecified atom stereocenters. The maximum atomic E-state index is 11.2. The first kappa shape index (κ1) is 13.6. The Hall–Kier alpha value is -2.41. The van der Waals surface area contributed by atoms with Crippen molar-refractivity contribution >= 4 is 28.8 Å². The second-order valence-corrected chi connectivity index (χ2v) is 5.14. The van der Waals surface area contributed by atoms with Crippen LogP contribution in [0.5, 0.6) is 0 Å². The van der Waals surface area contributed by atoms with Gasteiger partial charge in [0.05, 0.1) is 30.1 Å². The number of nitrogens with zero attached hydrogens (tertiary/aromatic N) is 4. The van der Waals surface area contributed by atoms with Crippen LogP contribution in [0.1, 0.15) is 0 Å². The zero-order chi connectivity index (χ0) is 14.7. The Kier molecular flexibility index (Phi) is 3.83. The fraction of sp³-hybridized carbons (Fsp3) is 0.143. The monoisotopic (exact) mass is 300 g/mol. The molecule has 0 aliphatic rings. The molecule has 106 valence electrons. The van der Waals surface area contributed by atoms with Gasteiger partial charge in [-0.05, 0) is 12.1 Å². The molecule has 0 N–H and O–H groups in total. The van der Waals surface area contributed by atoms with E-state index in [9.17, 15) is 4.79 Å². The van der Waals surface area contributed by atoms with E-state index in [2.05, 4.69) is 19.8 Å². The number of aromatic nitrogens is 4. The number of benzene rings is 1. The summed E-state index contributed by atoms with van der Waals surface area (Å²) in [4.78, 5) is 19.7. The minimum atomic E-state index is -0.290. The lowest BCUT2D eigenvalue weighted by molar-refractivity contribution is -0.137. The predicted molar refractivity (Wildman–Crippen MR) is 79.4 cm³/mol. The van der Waals surface area contributed by atoms with Crippen LogP contribution in [-0.2, 0) is 9.53 Å². The van der Waals surface area contributed by atoms with Gasteiger partial charge >= 0.3 is 5.97 Å². The molecule has 0 aliphatic carbocycles. The number of para-hydroxylation sites is 1. The number of fused-ring (bicyclic) bond motifs is 1. The molecule has 0 bridgehead atoms. The number of carbonyl (C=O) groups is 1. The lowest BCUT2D eigenvalue weighted by Crippen LogP contribution is -2.03. The average molecular weight is 300 g/mol. The molecule has 2 heterocycles. The topological polar surface area (TPSA) is 69.9 Å². The van der Waals surface area contributed by atoms with Gasteiger partial charge in [-0.3, -0.25) is 4.79 Å². The predicted octanol–water partition coefficient (Wildman–Crippen LogP) is 2.08. The first-order valence-electron chi connectivity index (χ1n) is 6.23. The molecule has 7 heteroatoms. The molecular weight excluding hydrogens is 288 g/mol. The second-order valence-electron chi connectivity index (χ2n) is 4.17. The van der Waals surface area contributed by atoms with Gasteiger partial charge in [0.1, 0.15) is 11.4 Å². The molecule has 0 radical (unpaired) electrons. The summed E-state index contributed by atoms with van der Waals surface area (Å²) in [5.41, 5.74) is 1.64. The molecule has 6 nitrogen and oxygen atoms in total. The minimum Gasteiger partial charge on any atom is -0.468 e. The van der Waals surface area contributed by atoms with Crippen molar-refractivity contribution in [1.82, 2.24) is 19.7 Å². The first-order valence-corrected chi connectivity index (χ1v) is 7.22. The second kappa shape index (κ2) is 5.92. The average Bonchev–Trinajstić information content (AvgIpc) is 2.98. The maximum Gasteiger partial charge on any atom is 0.316 e. The number of ether oxygens (including phenoxy) is 1. The molecule has 3 aromatic rings. The molecule has 21 heavy (non-hydrogen) atoms. The Balaban J connectivity index is 1.98. The van der Waals surface area contributed by atoms with Gasteiger partial charge < -0.3 is 4.74 Å². The Bertz CT molecular complexity index is 773. The van der Waals surface area contributed by atoms with Crippen molar-refractivity contribution in [2.45, 2.75) is 5.03 Å². The van der Waals surface area contributed by atoms with E-state index in [1.165, 1.54) is 25.2 Å². The Morgan fingerprint density at radius 2 is 2.10 bits per heavy atom. The maximum absolute atomic E-state index is 11.2. The number of rotatable bonds is 4. The van der Waals surface area contributed by atoms with Gasteiger partial charge in [-0.1, -0.05) is 30.0 Å². The van der Waals surface area contributed by atoms with Crippen molar-refractivity contribution in [3.8, 4) is 5.69 Å². The summed E-state index contributed by atoms with van der Waals surface area (Å²) < 4.78 is 6.38. The van der Waals surface area contributed by atoms with Gasteiger partial charge in [-0.15, -0.1) is 0 Å². The highest BCUT2D eigenvalue weighted by atomic mass is 32.2. The summed E-state index contributed by atoms with van der Waals surface area (Å²) in [6.07, 6.45) is 3.19. The normalized spacial score (nSPS) is 10.7. The van der Waals surface area contributed by atoms with Crippen LogP contribution in [0.2, 0.25) is 0 Å². The van der Waals surface area contributed by atoms with Gasteiger partial charge in [0.15, 0.2) is 5.65 Å². The summed E-state index contributed by atoms with van der Waals surface area (Å²) in [5, 5.41) is 5.89. The van der Waals surface area contributed by atoms with Crippen LogP contribution in [0.3, 0.4) is 0 Å². The number of methoxy groups -OCH3 is 1. The number of esters is 1. The van der Waals surface area contributed by atoms with E-state index in [4.69, 9.17) is 0 Å². The van der Waals surface area contributed by atoms with E-state index in [1.54, 1.807) is 10.9 Å². The smallest absolute Gasteiger partial charge is 0.316 e. The lowest BCUT2D eigenvalue weighted by atomic mass is 10.3. The van der Waals surface area contributed by atoms with E-state index in [1.807, 2.05) is 30.3 Å². The van der Waals surface area contributed by atoms with Crippen LogP contribution >= 0.6 is 11.8 Å². The lowest BCUT2D eigenvalue weighted by Gasteiger charge is -2.03. The molecule has 0 saturated carbocycles. The molecule has 0 atom stereocenters. The van der Waals surface area contributed by atoms with Crippen LogP contribution in [0.15, 0.2) is 47.9 Å². The molecule has 0 saturated heterocycles. The summed E-state index contributed by atoms with van der Waals surface area (Å²) in [6.45, 7) is 0. The van der Waals surface area contributed by atoms with Crippen LogP contribution in [0, 0.1) is 0 Å². The third-order valence-electron chi connectivity index (χ3n) is 2.88. The minimum absolute atomic E-state index is 0.207. The van der Waals surface area contributed by atoms with Crippen LogP contribution in [0.25, 0.3) is 16.7 Å². The SMILES string of the molecule is COC(=O)CSc1ncnc2c1cnn2-c1ccccc1. The molecule has 0 fully saturated rings. The van der Waals surface area contributed by atoms with Gasteiger partial charge in [-0.25, -0.2) is 14.6 Å². The summed E-state index contributed by atoms with van der Waals surface area (Å²) >= 11 is 1.31. The molecule has 0 aliphatic heterocycles. The van der Waals surface area contributed by atoms with Gasteiger partial charge in [0.2, 0.25) is 0 Å². The number of carbonyl (C=O) groups excluding carboxylic acids is 1. The fourth-order valence-electron chi connectivity index (χ4n) is 1.88. The van der Waals surface area contributed by atoms with Crippen molar-refractivity contribution in [2.75, 3.05) is 12.9 Å². The van der Waals surface area contributed by atoms with Gasteiger partial charge in [0.25, 0.3) is 0 Å². The zero-order valence-electron chi connectivity index (χ0n) is 11.3. The zero-order valence-corrected chi connectivity index (χ0v) is 12.1. The third kappa shape index (κ3) is 2.73. The third-order valence-corrected chi connectivity index (χ3v) is 3.86. The van der Waals surface area contributed by atoms with E-state index in [0.29, 0.717) is 10.7 Å². The molecule has 1 aromatic carbocycles. The van der Waals surface area contributed by atoms with Crippen LogP contribution in [0.4, 0.5) is 0 Å². The van der Waals surface area contributed by atoms with E-state index in [-0.39, 0.29) is 11.7 Å². The quantitative estimate of drug-likeness (QED) is 0.417. The first-order chi connectivity index (χ1) is 10.3. The molecule has 0 spiro atoms. The number of hydrogen-bond acceptors (Lipinski definition) is 6. The Morgan fingerprint density at radius 3 is 2.86 bits per heavy atom. The number of hydrogen-bond donors (Lipinski definition) is 0. The molecular formula is C14H12N4O2S. The highest BCUT2D eigenvalue weighted by Crippen LogP contribution is 2.25. The highest BCUT2D eigenvalue weighted by Gasteiger charge is 2.12. The van der Waals surface area contributed by atoms with Crippen molar-refractivity contribution in [1.29, 1.82) is 0 Å². The van der Waals surface area contributed by atoms with Crippen LogP contribution in [-0.4, -0.2) is 38.6 Å². The van der Waals surface area contributed by atoms with Crippen molar-refractivity contribution < 1.29 is 9.53 Å². The number of thioether (sulfide) groups is 1. The summed E-state index contributed by atoms with van der Waals surface area (Å²) in [6, 6.07) is 9.74. The largest absolute Gasteiger partial charge is 0.468 e. The molecule has 3 rings (SSSR count). The van der Waals surface area contributed by atoms with Crippen LogP contribution < -0.4 is 0 Å². The molecule has 2 aromatic heterocycles. The van der Waals surface area contributed by atoms with Gasteiger partial charge in [-0.2, -0.15) is 5.10 Å². The Labute approximate surface area is 125 Å². The van der Waals surface area contributed by atoms with E-state index < -0.39 is 0 Å². The summed E-state index contributed by atoms with van der Waals surface area (Å²) in [7, 11) is 1.37. The standard InChI is InChI=1S/C14H12N4O2S/c1-20-12(19)8-21-14-11-7-17-18(13(11)15-9-16-14)10-5-3-2-4-6-10/h2-7,9H,8H2,1H3. The van der Waals surface area contributed by atoms with E-state index >= 15 is 0 Å². The van der Waals surface area contributed by atoms with Crippen molar-refractivity contribution in [3.63, 3.8) is 0 Å².